The van der Waals surface area contributed by atoms with E-state index in [9.17, 15) is 0 Å². The Morgan fingerprint density at radius 3 is 2.45 bits per heavy atom. The van der Waals surface area contributed by atoms with E-state index in [0.717, 1.165) is 12.3 Å². The van der Waals surface area contributed by atoms with Crippen molar-refractivity contribution < 1.29 is 0 Å². The number of rotatable bonds is 7. The van der Waals surface area contributed by atoms with Gasteiger partial charge in [0.05, 0.1) is 0 Å². The lowest BCUT2D eigenvalue weighted by Crippen LogP contribution is -2.01. The molecule has 0 bridgehead atoms. The molecular weight excluding hydrogens is 262 g/mol. The summed E-state index contributed by atoms with van der Waals surface area (Å²) in [6, 6.07) is 17.3. The zero-order valence-corrected chi connectivity index (χ0v) is 13.2. The summed E-state index contributed by atoms with van der Waals surface area (Å²) < 4.78 is 0. The van der Waals surface area contributed by atoms with Gasteiger partial charge in [-0.2, -0.15) is 11.8 Å². The smallest absolute Gasteiger partial charge is 0.0403 e. The molecule has 0 aliphatic heterocycles. The minimum absolute atomic E-state index is 0.886. The standard InChI is InChI=1S/C18H23NS/c1-3-12-20-14-16-8-10-18(11-9-16)19-13-17-7-5-4-6-15(17)2/h4-11,19H,3,12-14H2,1-2H3. The fourth-order valence-corrected chi connectivity index (χ4v) is 2.92. The molecule has 0 spiro atoms. The van der Waals surface area contributed by atoms with E-state index >= 15 is 0 Å². The van der Waals surface area contributed by atoms with Crippen molar-refractivity contribution in [1.82, 2.24) is 0 Å². The maximum absolute atomic E-state index is 3.49. The van der Waals surface area contributed by atoms with Gasteiger partial charge in [0.15, 0.2) is 0 Å². The van der Waals surface area contributed by atoms with Gasteiger partial charge in [0.1, 0.15) is 0 Å². The minimum Gasteiger partial charge on any atom is -0.381 e. The fourth-order valence-electron chi connectivity index (χ4n) is 2.06. The van der Waals surface area contributed by atoms with Crippen LogP contribution in [-0.4, -0.2) is 5.75 Å². The fraction of sp³-hybridized carbons (Fsp3) is 0.333. The summed E-state index contributed by atoms with van der Waals surface area (Å²) in [5.41, 5.74) is 5.30. The van der Waals surface area contributed by atoms with Crippen LogP contribution in [0.1, 0.15) is 30.0 Å². The second-order valence-electron chi connectivity index (χ2n) is 5.03. The van der Waals surface area contributed by atoms with Crippen molar-refractivity contribution in [3.05, 3.63) is 65.2 Å². The molecule has 1 N–H and O–H groups in total. The first-order valence-electron chi connectivity index (χ1n) is 7.24. The number of thioether (sulfide) groups is 1. The van der Waals surface area contributed by atoms with Gasteiger partial charge in [-0.25, -0.2) is 0 Å². The Balaban J connectivity index is 1.86. The molecule has 106 valence electrons. The van der Waals surface area contributed by atoms with Gasteiger partial charge in [0, 0.05) is 18.0 Å². The van der Waals surface area contributed by atoms with Crippen LogP contribution in [0, 0.1) is 6.92 Å². The molecule has 0 aliphatic rings. The van der Waals surface area contributed by atoms with Gasteiger partial charge in [0.2, 0.25) is 0 Å². The molecule has 0 atom stereocenters. The third-order valence-corrected chi connectivity index (χ3v) is 4.55. The van der Waals surface area contributed by atoms with E-state index in [1.54, 1.807) is 0 Å². The molecule has 0 aromatic heterocycles. The summed E-state index contributed by atoms with van der Waals surface area (Å²) in [4.78, 5) is 0. The molecule has 2 rings (SSSR count). The Morgan fingerprint density at radius 2 is 1.75 bits per heavy atom. The summed E-state index contributed by atoms with van der Waals surface area (Å²) in [5, 5.41) is 3.49. The Labute approximate surface area is 126 Å². The molecule has 0 saturated heterocycles. The van der Waals surface area contributed by atoms with Crippen LogP contribution >= 0.6 is 11.8 Å². The molecule has 2 heteroatoms. The van der Waals surface area contributed by atoms with Gasteiger partial charge in [-0.3, -0.25) is 0 Å². The number of benzene rings is 2. The summed E-state index contributed by atoms with van der Waals surface area (Å²) >= 11 is 2.00. The highest BCUT2D eigenvalue weighted by Crippen LogP contribution is 2.17. The highest BCUT2D eigenvalue weighted by atomic mass is 32.2. The molecule has 0 heterocycles. The lowest BCUT2D eigenvalue weighted by Gasteiger charge is -2.09. The summed E-state index contributed by atoms with van der Waals surface area (Å²) in [6.07, 6.45) is 1.25. The number of anilines is 1. The van der Waals surface area contributed by atoms with Crippen molar-refractivity contribution in [2.75, 3.05) is 11.1 Å². The van der Waals surface area contributed by atoms with Crippen LogP contribution in [0.25, 0.3) is 0 Å². The molecule has 0 amide bonds. The number of hydrogen-bond donors (Lipinski definition) is 1. The Morgan fingerprint density at radius 1 is 1.00 bits per heavy atom. The van der Waals surface area contributed by atoms with Gasteiger partial charge in [-0.1, -0.05) is 43.3 Å². The number of aryl methyl sites for hydroxylation is 1. The van der Waals surface area contributed by atoms with Crippen molar-refractivity contribution >= 4 is 17.4 Å². The summed E-state index contributed by atoms with van der Waals surface area (Å²) in [6.45, 7) is 5.27. The second-order valence-corrected chi connectivity index (χ2v) is 6.13. The molecule has 0 aliphatic carbocycles. The van der Waals surface area contributed by atoms with Crippen molar-refractivity contribution in [2.24, 2.45) is 0 Å². The van der Waals surface area contributed by atoms with E-state index in [0.29, 0.717) is 0 Å². The van der Waals surface area contributed by atoms with Crippen LogP contribution in [0.4, 0.5) is 5.69 Å². The Kier molecular flexibility index (Phi) is 6.00. The largest absolute Gasteiger partial charge is 0.381 e. The van der Waals surface area contributed by atoms with Crippen LogP contribution in [-0.2, 0) is 12.3 Å². The van der Waals surface area contributed by atoms with E-state index in [-0.39, 0.29) is 0 Å². The molecule has 0 fully saturated rings. The van der Waals surface area contributed by atoms with E-state index < -0.39 is 0 Å². The van der Waals surface area contributed by atoms with Crippen molar-refractivity contribution in [2.45, 2.75) is 32.6 Å². The minimum atomic E-state index is 0.886. The molecule has 1 nitrogen and oxygen atoms in total. The highest BCUT2D eigenvalue weighted by Gasteiger charge is 1.98. The van der Waals surface area contributed by atoms with Crippen LogP contribution < -0.4 is 5.32 Å². The molecule has 2 aromatic carbocycles. The molecule has 0 saturated carbocycles. The second kappa shape index (κ2) is 8.01. The Bertz CT molecular complexity index is 519. The topological polar surface area (TPSA) is 12.0 Å². The van der Waals surface area contributed by atoms with Crippen LogP contribution in [0.3, 0.4) is 0 Å². The first-order chi connectivity index (χ1) is 9.79. The monoisotopic (exact) mass is 285 g/mol. The molecule has 0 unspecified atom stereocenters. The maximum Gasteiger partial charge on any atom is 0.0403 e. The van der Waals surface area contributed by atoms with Crippen molar-refractivity contribution in [1.29, 1.82) is 0 Å². The van der Waals surface area contributed by atoms with E-state index in [1.165, 1.54) is 34.6 Å². The van der Waals surface area contributed by atoms with E-state index in [4.69, 9.17) is 0 Å². The average molecular weight is 285 g/mol. The van der Waals surface area contributed by atoms with Crippen LogP contribution in [0.5, 0.6) is 0 Å². The van der Waals surface area contributed by atoms with Gasteiger partial charge >= 0.3 is 0 Å². The predicted molar refractivity (Wildman–Crippen MR) is 91.4 cm³/mol. The zero-order chi connectivity index (χ0) is 14.2. The van der Waals surface area contributed by atoms with Gasteiger partial charge in [-0.05, 0) is 47.9 Å². The SMILES string of the molecule is CCCSCc1ccc(NCc2ccccc2C)cc1. The van der Waals surface area contributed by atoms with Gasteiger partial charge in [-0.15, -0.1) is 0 Å². The van der Waals surface area contributed by atoms with Crippen LogP contribution in [0.2, 0.25) is 0 Å². The van der Waals surface area contributed by atoms with Gasteiger partial charge < -0.3 is 5.32 Å². The zero-order valence-electron chi connectivity index (χ0n) is 12.4. The first-order valence-corrected chi connectivity index (χ1v) is 8.40. The summed E-state index contributed by atoms with van der Waals surface area (Å²) in [7, 11) is 0. The Hall–Kier alpha value is -1.41. The average Bonchev–Trinajstić information content (AvgIpc) is 2.48. The van der Waals surface area contributed by atoms with Crippen molar-refractivity contribution in [3.63, 3.8) is 0 Å². The normalized spacial score (nSPS) is 10.5. The van der Waals surface area contributed by atoms with E-state index in [2.05, 4.69) is 67.7 Å². The first kappa shape index (κ1) is 15.0. The van der Waals surface area contributed by atoms with Crippen molar-refractivity contribution in [3.8, 4) is 0 Å². The van der Waals surface area contributed by atoms with Crippen LogP contribution in [0.15, 0.2) is 48.5 Å². The highest BCUT2D eigenvalue weighted by molar-refractivity contribution is 7.98. The summed E-state index contributed by atoms with van der Waals surface area (Å²) in [5.74, 6) is 2.36. The molecule has 0 radical (unpaired) electrons. The lowest BCUT2D eigenvalue weighted by atomic mass is 10.1. The van der Waals surface area contributed by atoms with Gasteiger partial charge in [0.25, 0.3) is 0 Å². The molecular formula is C18H23NS. The quantitative estimate of drug-likeness (QED) is 0.697. The predicted octanol–water partition coefficient (Wildman–Crippen LogP) is 5.25. The lowest BCUT2D eigenvalue weighted by molar-refractivity contribution is 1.10. The number of nitrogens with one attached hydrogen (secondary N) is 1. The maximum atomic E-state index is 3.49. The number of hydrogen-bond acceptors (Lipinski definition) is 2. The molecule has 2 aromatic rings. The third kappa shape index (κ3) is 4.61. The third-order valence-electron chi connectivity index (χ3n) is 3.32. The van der Waals surface area contributed by atoms with E-state index in [1.807, 2.05) is 11.8 Å². The molecule has 20 heavy (non-hydrogen) atoms.